The predicted molar refractivity (Wildman–Crippen MR) is 108 cm³/mol. The summed E-state index contributed by atoms with van der Waals surface area (Å²) in [5.74, 6) is -1.47. The molecule has 0 saturated carbocycles. The zero-order valence-corrected chi connectivity index (χ0v) is 16.7. The molecule has 2 aromatic rings. The van der Waals surface area contributed by atoms with Gasteiger partial charge in [-0.15, -0.1) is 0 Å². The van der Waals surface area contributed by atoms with Crippen LogP contribution < -0.4 is 14.9 Å². The molecule has 0 aromatic heterocycles. The second-order valence-electron chi connectivity index (χ2n) is 7.08. The van der Waals surface area contributed by atoms with Crippen molar-refractivity contribution in [2.24, 2.45) is 0 Å². The third kappa shape index (κ3) is 4.51. The van der Waals surface area contributed by atoms with Crippen molar-refractivity contribution >= 4 is 27.3 Å². The number of hydrogen-bond donors (Lipinski definition) is 2. The topological polar surface area (TPSA) is 78.5 Å². The zero-order chi connectivity index (χ0) is 20.3. The van der Waals surface area contributed by atoms with Gasteiger partial charge in [0.15, 0.2) is 0 Å². The van der Waals surface area contributed by atoms with Gasteiger partial charge in [0.25, 0.3) is 5.91 Å². The van der Waals surface area contributed by atoms with E-state index in [9.17, 15) is 17.6 Å². The maximum Gasteiger partial charge on any atom is 0.258 e. The van der Waals surface area contributed by atoms with E-state index in [1.54, 1.807) is 26.0 Å². The standard InChI is InChI=1S/C20H24FN3O3S/c1-14(2)23-28(26,27)15-9-10-17(21)16(13-15)20(25)22-18-7-3-4-8-19(18)24-11-5-6-12-24/h3-4,7-10,13-14,23H,5-6,11-12H2,1-2H3,(H,22,25). The van der Waals surface area contributed by atoms with Gasteiger partial charge < -0.3 is 10.2 Å². The first kappa shape index (κ1) is 20.3. The number of carbonyl (C=O) groups is 1. The number of amides is 1. The number of halogens is 1. The van der Waals surface area contributed by atoms with Crippen LogP contribution in [-0.4, -0.2) is 33.5 Å². The lowest BCUT2D eigenvalue weighted by molar-refractivity contribution is 0.102. The van der Waals surface area contributed by atoms with E-state index in [2.05, 4.69) is 14.9 Å². The molecular weight excluding hydrogens is 381 g/mol. The smallest absolute Gasteiger partial charge is 0.258 e. The Morgan fingerprint density at radius 1 is 1.11 bits per heavy atom. The third-order valence-electron chi connectivity index (χ3n) is 4.48. The van der Waals surface area contributed by atoms with Crippen LogP contribution >= 0.6 is 0 Å². The van der Waals surface area contributed by atoms with Crippen molar-refractivity contribution in [2.75, 3.05) is 23.3 Å². The van der Waals surface area contributed by atoms with Gasteiger partial charge in [0.1, 0.15) is 5.82 Å². The molecule has 0 atom stereocenters. The van der Waals surface area contributed by atoms with E-state index >= 15 is 0 Å². The molecule has 0 unspecified atom stereocenters. The van der Waals surface area contributed by atoms with Gasteiger partial charge in [0.05, 0.1) is 21.8 Å². The molecule has 0 bridgehead atoms. The van der Waals surface area contributed by atoms with Gasteiger partial charge in [-0.1, -0.05) is 12.1 Å². The van der Waals surface area contributed by atoms with Crippen LogP contribution in [0.4, 0.5) is 15.8 Å². The van der Waals surface area contributed by atoms with Crippen molar-refractivity contribution in [3.63, 3.8) is 0 Å². The first-order valence-corrected chi connectivity index (χ1v) is 10.7. The summed E-state index contributed by atoms with van der Waals surface area (Å²) in [4.78, 5) is 14.7. The number of nitrogens with one attached hydrogen (secondary N) is 2. The molecule has 6 nitrogen and oxygen atoms in total. The molecule has 2 N–H and O–H groups in total. The fourth-order valence-corrected chi connectivity index (χ4v) is 4.50. The van der Waals surface area contributed by atoms with E-state index in [4.69, 9.17) is 0 Å². The number of benzene rings is 2. The molecule has 0 aliphatic carbocycles. The van der Waals surface area contributed by atoms with E-state index in [1.807, 2.05) is 12.1 Å². The second kappa shape index (κ2) is 8.28. The van der Waals surface area contributed by atoms with Crippen molar-refractivity contribution in [1.82, 2.24) is 4.72 Å². The Labute approximate surface area is 164 Å². The van der Waals surface area contributed by atoms with E-state index in [-0.39, 0.29) is 16.5 Å². The maximum absolute atomic E-state index is 14.3. The number of para-hydroxylation sites is 2. The predicted octanol–water partition coefficient (Wildman–Crippen LogP) is 3.36. The quantitative estimate of drug-likeness (QED) is 0.772. The highest BCUT2D eigenvalue weighted by molar-refractivity contribution is 7.89. The van der Waals surface area contributed by atoms with E-state index < -0.39 is 21.7 Å². The Bertz CT molecular complexity index is 970. The van der Waals surface area contributed by atoms with Crippen LogP contribution in [0, 0.1) is 5.82 Å². The van der Waals surface area contributed by atoms with Gasteiger partial charge in [0.2, 0.25) is 10.0 Å². The van der Waals surface area contributed by atoms with E-state index in [1.165, 1.54) is 0 Å². The number of carbonyl (C=O) groups excluding carboxylic acids is 1. The summed E-state index contributed by atoms with van der Waals surface area (Å²) in [6, 6.07) is 10.2. The minimum Gasteiger partial charge on any atom is -0.370 e. The van der Waals surface area contributed by atoms with Crippen LogP contribution in [0.25, 0.3) is 0 Å². The SMILES string of the molecule is CC(C)NS(=O)(=O)c1ccc(F)c(C(=O)Nc2ccccc2N2CCCC2)c1. The molecule has 0 radical (unpaired) electrons. The van der Waals surface area contributed by atoms with Gasteiger partial charge in [0, 0.05) is 19.1 Å². The molecule has 1 amide bonds. The largest absolute Gasteiger partial charge is 0.370 e. The molecule has 8 heteroatoms. The molecular formula is C20H24FN3O3S. The Morgan fingerprint density at radius 2 is 1.79 bits per heavy atom. The minimum absolute atomic E-state index is 0.152. The van der Waals surface area contributed by atoms with Crippen LogP contribution in [0.2, 0.25) is 0 Å². The molecule has 1 fully saturated rings. The maximum atomic E-state index is 14.3. The van der Waals surface area contributed by atoms with Crippen molar-refractivity contribution in [1.29, 1.82) is 0 Å². The van der Waals surface area contributed by atoms with Crippen LogP contribution in [0.5, 0.6) is 0 Å². The van der Waals surface area contributed by atoms with Gasteiger partial charge in [-0.05, 0) is 57.0 Å². The van der Waals surface area contributed by atoms with Gasteiger partial charge in [-0.2, -0.15) is 0 Å². The Balaban J connectivity index is 1.89. The number of rotatable bonds is 6. The molecule has 0 spiro atoms. The number of anilines is 2. The van der Waals surface area contributed by atoms with Crippen LogP contribution in [-0.2, 0) is 10.0 Å². The van der Waals surface area contributed by atoms with Gasteiger partial charge >= 0.3 is 0 Å². The molecule has 3 rings (SSSR count). The summed E-state index contributed by atoms with van der Waals surface area (Å²) >= 11 is 0. The average Bonchev–Trinajstić information content (AvgIpc) is 3.15. The Morgan fingerprint density at radius 3 is 2.46 bits per heavy atom. The van der Waals surface area contributed by atoms with E-state index in [0.717, 1.165) is 49.8 Å². The van der Waals surface area contributed by atoms with Crippen LogP contribution in [0.1, 0.15) is 37.0 Å². The highest BCUT2D eigenvalue weighted by Crippen LogP contribution is 2.29. The summed E-state index contributed by atoms with van der Waals surface area (Å²) in [6.45, 7) is 5.17. The Kier molecular flexibility index (Phi) is 6.00. The second-order valence-corrected chi connectivity index (χ2v) is 8.80. The highest BCUT2D eigenvalue weighted by atomic mass is 32.2. The number of sulfonamides is 1. The Hall–Kier alpha value is -2.45. The first-order valence-electron chi connectivity index (χ1n) is 9.25. The van der Waals surface area contributed by atoms with Crippen molar-refractivity contribution in [3.05, 3.63) is 53.8 Å². The lowest BCUT2D eigenvalue weighted by atomic mass is 10.2. The molecule has 1 aliphatic rings. The van der Waals surface area contributed by atoms with E-state index in [0.29, 0.717) is 5.69 Å². The minimum atomic E-state index is -3.83. The lowest BCUT2D eigenvalue weighted by Crippen LogP contribution is -2.30. The first-order chi connectivity index (χ1) is 13.3. The third-order valence-corrected chi connectivity index (χ3v) is 6.14. The number of hydrogen-bond acceptors (Lipinski definition) is 4. The molecule has 1 aliphatic heterocycles. The lowest BCUT2D eigenvalue weighted by Gasteiger charge is -2.21. The van der Waals surface area contributed by atoms with Crippen molar-refractivity contribution in [3.8, 4) is 0 Å². The molecule has 2 aromatic carbocycles. The van der Waals surface area contributed by atoms with Gasteiger partial charge in [-0.3, -0.25) is 4.79 Å². The molecule has 28 heavy (non-hydrogen) atoms. The van der Waals surface area contributed by atoms with Crippen molar-refractivity contribution < 1.29 is 17.6 Å². The fraction of sp³-hybridized carbons (Fsp3) is 0.350. The normalized spacial score (nSPS) is 14.5. The number of nitrogens with zero attached hydrogens (tertiary/aromatic N) is 1. The summed E-state index contributed by atoms with van der Waals surface area (Å²) in [5.41, 5.74) is 1.13. The summed E-state index contributed by atoms with van der Waals surface area (Å²) in [5, 5.41) is 2.73. The zero-order valence-electron chi connectivity index (χ0n) is 15.9. The summed E-state index contributed by atoms with van der Waals surface area (Å²) in [7, 11) is -3.83. The molecule has 1 saturated heterocycles. The average molecular weight is 405 g/mol. The van der Waals surface area contributed by atoms with Crippen LogP contribution in [0.15, 0.2) is 47.4 Å². The monoisotopic (exact) mass is 405 g/mol. The fourth-order valence-electron chi connectivity index (χ4n) is 3.23. The summed E-state index contributed by atoms with van der Waals surface area (Å²) in [6.07, 6.45) is 2.17. The molecule has 1 heterocycles. The van der Waals surface area contributed by atoms with Crippen molar-refractivity contribution in [2.45, 2.75) is 37.6 Å². The molecule has 150 valence electrons. The van der Waals surface area contributed by atoms with Gasteiger partial charge in [-0.25, -0.2) is 17.5 Å². The highest BCUT2D eigenvalue weighted by Gasteiger charge is 2.22. The summed E-state index contributed by atoms with van der Waals surface area (Å²) < 4.78 is 41.4. The van der Waals surface area contributed by atoms with Crippen LogP contribution in [0.3, 0.4) is 0 Å².